The Morgan fingerprint density at radius 2 is 2.00 bits per heavy atom. The number of halogens is 2. The van der Waals surface area contributed by atoms with Crippen LogP contribution in [0.15, 0.2) is 33.7 Å². The van der Waals surface area contributed by atoms with Gasteiger partial charge in [-0.2, -0.15) is 0 Å². The van der Waals surface area contributed by atoms with E-state index in [1.807, 2.05) is 32.0 Å². The van der Waals surface area contributed by atoms with Gasteiger partial charge in [0.1, 0.15) is 12.3 Å². The summed E-state index contributed by atoms with van der Waals surface area (Å²) in [4.78, 5) is 13.8. The summed E-state index contributed by atoms with van der Waals surface area (Å²) in [5, 5.41) is 4.15. The molecule has 6 nitrogen and oxygen atoms in total. The molecule has 1 fully saturated rings. The third-order valence-corrected chi connectivity index (χ3v) is 4.76. The Morgan fingerprint density at radius 3 is 2.59 bits per heavy atom. The predicted molar refractivity (Wildman–Crippen MR) is 121 cm³/mol. The number of nitrogens with zero attached hydrogens (tertiary/aromatic N) is 4. The minimum atomic E-state index is 0. The number of hydrogen-bond donors (Lipinski definition) is 1. The summed E-state index contributed by atoms with van der Waals surface area (Å²) in [7, 11) is 0. The molecule has 1 aliphatic heterocycles. The number of nitrogens with one attached hydrogen (secondary N) is 1. The van der Waals surface area contributed by atoms with Gasteiger partial charge in [-0.05, 0) is 39.0 Å². The van der Waals surface area contributed by atoms with Crippen molar-refractivity contribution in [3.05, 3.63) is 46.6 Å². The largest absolute Gasteiger partial charge is 0.444 e. The summed E-state index contributed by atoms with van der Waals surface area (Å²) >= 11 is 6.12. The number of oxazole rings is 1. The van der Waals surface area contributed by atoms with Gasteiger partial charge in [0.05, 0.1) is 5.69 Å². The first-order valence-corrected chi connectivity index (χ1v) is 9.41. The zero-order valence-electron chi connectivity index (χ0n) is 16.0. The van der Waals surface area contributed by atoms with Crippen LogP contribution in [-0.2, 0) is 6.54 Å². The molecule has 148 valence electrons. The van der Waals surface area contributed by atoms with Crippen LogP contribution in [-0.4, -0.2) is 48.6 Å². The first kappa shape index (κ1) is 21.8. The molecular weight excluding hydrogens is 477 g/mol. The van der Waals surface area contributed by atoms with E-state index in [-0.39, 0.29) is 24.0 Å². The maximum Gasteiger partial charge on any atom is 0.216 e. The van der Waals surface area contributed by atoms with Gasteiger partial charge in [0.25, 0.3) is 0 Å². The van der Waals surface area contributed by atoms with Crippen molar-refractivity contribution in [3.8, 4) is 0 Å². The van der Waals surface area contributed by atoms with Gasteiger partial charge >= 0.3 is 0 Å². The van der Waals surface area contributed by atoms with Crippen LogP contribution in [0, 0.1) is 13.8 Å². The van der Waals surface area contributed by atoms with Crippen molar-refractivity contribution in [2.75, 3.05) is 37.6 Å². The Bertz CT molecular complexity index is 752. The molecule has 8 heteroatoms. The van der Waals surface area contributed by atoms with Crippen LogP contribution in [0.25, 0.3) is 0 Å². The van der Waals surface area contributed by atoms with Gasteiger partial charge in [0.15, 0.2) is 5.96 Å². The molecule has 0 bridgehead atoms. The van der Waals surface area contributed by atoms with Gasteiger partial charge in [-0.1, -0.05) is 17.7 Å². The zero-order valence-corrected chi connectivity index (χ0v) is 19.1. The highest BCUT2D eigenvalue weighted by molar-refractivity contribution is 14.0. The highest BCUT2D eigenvalue weighted by Crippen LogP contribution is 2.20. The Morgan fingerprint density at radius 1 is 1.26 bits per heavy atom. The highest BCUT2D eigenvalue weighted by Gasteiger charge is 2.20. The van der Waals surface area contributed by atoms with Crippen molar-refractivity contribution >= 4 is 47.2 Å². The van der Waals surface area contributed by atoms with E-state index in [9.17, 15) is 0 Å². The third kappa shape index (κ3) is 5.75. The fourth-order valence-corrected chi connectivity index (χ4v) is 3.21. The first-order valence-electron chi connectivity index (χ1n) is 9.03. The van der Waals surface area contributed by atoms with Crippen molar-refractivity contribution in [1.82, 2.24) is 15.2 Å². The number of aliphatic imine (C=N–C) groups is 1. The quantitative estimate of drug-likeness (QED) is 0.390. The number of guanidine groups is 1. The smallest absolute Gasteiger partial charge is 0.216 e. The van der Waals surface area contributed by atoms with E-state index in [4.69, 9.17) is 21.0 Å². The average molecular weight is 504 g/mol. The molecule has 2 aromatic rings. The second-order valence-electron chi connectivity index (χ2n) is 6.37. The topological polar surface area (TPSA) is 56.9 Å². The van der Waals surface area contributed by atoms with Gasteiger partial charge in [-0.15, -0.1) is 24.0 Å². The number of benzene rings is 1. The minimum absolute atomic E-state index is 0. The van der Waals surface area contributed by atoms with Crippen molar-refractivity contribution in [1.29, 1.82) is 0 Å². The second kappa shape index (κ2) is 10.2. The van der Waals surface area contributed by atoms with Crippen LogP contribution in [0.3, 0.4) is 0 Å². The summed E-state index contributed by atoms with van der Waals surface area (Å²) in [6, 6.07) is 8.02. The average Bonchev–Trinajstić information content (AvgIpc) is 2.97. The maximum absolute atomic E-state index is 6.12. The zero-order chi connectivity index (χ0) is 18.5. The van der Waals surface area contributed by atoms with Gasteiger partial charge in [-0.25, -0.2) is 9.98 Å². The number of hydrogen-bond acceptors (Lipinski definition) is 4. The molecule has 0 saturated carbocycles. The molecule has 2 heterocycles. The molecule has 27 heavy (non-hydrogen) atoms. The van der Waals surface area contributed by atoms with E-state index in [1.54, 1.807) is 0 Å². The highest BCUT2D eigenvalue weighted by atomic mass is 127. The summed E-state index contributed by atoms with van der Waals surface area (Å²) < 4.78 is 5.63. The molecule has 1 aliphatic rings. The summed E-state index contributed by atoms with van der Waals surface area (Å²) in [5.41, 5.74) is 2.10. The van der Waals surface area contributed by atoms with Gasteiger partial charge < -0.3 is 19.5 Å². The molecule has 0 radical (unpaired) electrons. The third-order valence-electron chi connectivity index (χ3n) is 4.52. The van der Waals surface area contributed by atoms with Gasteiger partial charge in [0, 0.05) is 43.4 Å². The molecule has 1 aromatic heterocycles. The molecule has 3 rings (SSSR count). The fourth-order valence-electron chi connectivity index (χ4n) is 3.02. The van der Waals surface area contributed by atoms with Crippen LogP contribution >= 0.6 is 35.6 Å². The Kier molecular flexibility index (Phi) is 8.22. The Hall–Kier alpha value is -1.48. The number of anilines is 1. The number of piperazine rings is 1. The number of rotatable bonds is 4. The molecule has 1 saturated heterocycles. The molecule has 0 amide bonds. The monoisotopic (exact) mass is 503 g/mol. The summed E-state index contributed by atoms with van der Waals surface area (Å²) in [6.07, 6.45) is 0. The molecule has 0 unspecified atom stereocenters. The lowest BCUT2D eigenvalue weighted by atomic mass is 10.2. The van der Waals surface area contributed by atoms with E-state index >= 15 is 0 Å². The predicted octanol–water partition coefficient (Wildman–Crippen LogP) is 3.85. The van der Waals surface area contributed by atoms with E-state index in [1.165, 1.54) is 5.69 Å². The normalized spacial score (nSPS) is 14.9. The maximum atomic E-state index is 6.12. The van der Waals surface area contributed by atoms with Crippen molar-refractivity contribution < 1.29 is 4.42 Å². The SMILES string of the molecule is CCNC(=NCc1nc(C)c(C)o1)N1CCN(c2cccc(Cl)c2)CC1.I. The molecule has 0 aliphatic carbocycles. The lowest BCUT2D eigenvalue weighted by Gasteiger charge is -2.37. The molecule has 0 spiro atoms. The van der Waals surface area contributed by atoms with Gasteiger partial charge in [-0.3, -0.25) is 0 Å². The summed E-state index contributed by atoms with van der Waals surface area (Å²) in [6.45, 7) is 10.9. The van der Waals surface area contributed by atoms with Crippen LogP contribution in [0.2, 0.25) is 5.02 Å². The van der Waals surface area contributed by atoms with E-state index in [0.29, 0.717) is 12.4 Å². The van der Waals surface area contributed by atoms with E-state index in [0.717, 1.165) is 55.2 Å². The minimum Gasteiger partial charge on any atom is -0.444 e. The van der Waals surface area contributed by atoms with Crippen LogP contribution in [0.1, 0.15) is 24.3 Å². The second-order valence-corrected chi connectivity index (χ2v) is 6.81. The summed E-state index contributed by atoms with van der Waals surface area (Å²) in [5.74, 6) is 2.43. The van der Waals surface area contributed by atoms with Crippen molar-refractivity contribution in [2.45, 2.75) is 27.3 Å². The van der Waals surface area contributed by atoms with Crippen molar-refractivity contribution in [2.24, 2.45) is 4.99 Å². The van der Waals surface area contributed by atoms with Crippen LogP contribution in [0.5, 0.6) is 0 Å². The number of aromatic nitrogens is 1. The molecule has 0 atom stereocenters. The number of aryl methyl sites for hydroxylation is 2. The Balaban J connectivity index is 0.00000261. The lowest BCUT2D eigenvalue weighted by Crippen LogP contribution is -2.52. The molecular formula is C19H27ClIN5O. The molecule has 1 aromatic carbocycles. The van der Waals surface area contributed by atoms with Crippen LogP contribution in [0.4, 0.5) is 5.69 Å². The standard InChI is InChI=1S/C19H26ClN5O.HI/c1-4-21-19(22-13-18-23-14(2)15(3)26-18)25-10-8-24(9-11-25)17-7-5-6-16(20)12-17;/h5-7,12H,4,8-11,13H2,1-3H3,(H,21,22);1H. The fraction of sp³-hybridized carbons (Fsp3) is 0.474. The van der Waals surface area contributed by atoms with Crippen LogP contribution < -0.4 is 10.2 Å². The van der Waals surface area contributed by atoms with Crippen molar-refractivity contribution in [3.63, 3.8) is 0 Å². The molecule has 1 N–H and O–H groups in total. The first-order chi connectivity index (χ1) is 12.6. The Labute approximate surface area is 183 Å². The van der Waals surface area contributed by atoms with E-state index < -0.39 is 0 Å². The van der Waals surface area contributed by atoms with E-state index in [2.05, 4.69) is 33.1 Å². The lowest BCUT2D eigenvalue weighted by molar-refractivity contribution is 0.371. The van der Waals surface area contributed by atoms with Gasteiger partial charge in [0.2, 0.25) is 5.89 Å².